The number of ketones is 1. The number of rotatable bonds is 9. The Bertz CT molecular complexity index is 1610. The molecule has 3 aromatic carbocycles. The van der Waals surface area contributed by atoms with E-state index in [-0.39, 0.29) is 40.2 Å². The molecule has 39 heavy (non-hydrogen) atoms. The molecule has 0 saturated heterocycles. The summed E-state index contributed by atoms with van der Waals surface area (Å²) in [4.78, 5) is 28.0. The number of para-hydroxylation sites is 1. The summed E-state index contributed by atoms with van der Waals surface area (Å²) in [6.45, 7) is 3.19. The van der Waals surface area contributed by atoms with Gasteiger partial charge >= 0.3 is 0 Å². The van der Waals surface area contributed by atoms with Gasteiger partial charge in [-0.1, -0.05) is 32.0 Å². The summed E-state index contributed by atoms with van der Waals surface area (Å²) < 4.78 is 38.0. The predicted molar refractivity (Wildman–Crippen MR) is 153 cm³/mol. The van der Waals surface area contributed by atoms with Crippen molar-refractivity contribution >= 4 is 68.2 Å². The summed E-state index contributed by atoms with van der Waals surface area (Å²) in [5, 5.41) is 1.06. The maximum atomic E-state index is 12.9. The van der Waals surface area contributed by atoms with Crippen LogP contribution in [0.1, 0.15) is 29.8 Å². The molecule has 0 aliphatic rings. The number of hydrogen-bond donors (Lipinski definition) is 2. The molecule has 1 heterocycles. The molecule has 0 unspecified atom stereocenters. The fourth-order valence-corrected chi connectivity index (χ4v) is 4.96. The first-order valence-electron chi connectivity index (χ1n) is 11.9. The van der Waals surface area contributed by atoms with Crippen molar-refractivity contribution in [3.63, 3.8) is 0 Å². The van der Waals surface area contributed by atoms with Crippen LogP contribution in [0.4, 0.5) is 0 Å². The van der Waals surface area contributed by atoms with E-state index in [0.717, 1.165) is 22.2 Å². The number of H-pyrrole nitrogens is 1. The molecule has 197 valence electrons. The Kier molecular flexibility index (Phi) is 9.79. The molecule has 0 spiro atoms. The fraction of sp³-hybridized carbons (Fsp3) is 0.172. The molecule has 1 aromatic heterocycles. The number of hydrogen-bond acceptors (Lipinski definition) is 6. The maximum Gasteiger partial charge on any atom is 0.264 e. The summed E-state index contributed by atoms with van der Waals surface area (Å²) >= 11 is 0. The Morgan fingerprint density at radius 3 is 2.21 bits per heavy atom. The second-order valence-corrected chi connectivity index (χ2v) is 10.6. The van der Waals surface area contributed by atoms with Crippen LogP contribution in [0.5, 0.6) is 11.5 Å². The van der Waals surface area contributed by atoms with Crippen molar-refractivity contribution in [2.45, 2.75) is 18.7 Å². The van der Waals surface area contributed by atoms with E-state index < -0.39 is 21.8 Å². The van der Waals surface area contributed by atoms with Gasteiger partial charge in [0.05, 0.1) is 24.8 Å². The molecule has 8 nitrogen and oxygen atoms in total. The molecular weight excluding hydrogens is 527 g/mol. The number of allylic oxidation sites excluding steroid dienone is 1. The number of carbonyl (C=O) groups is 2. The van der Waals surface area contributed by atoms with Crippen molar-refractivity contribution < 1.29 is 27.5 Å². The van der Waals surface area contributed by atoms with E-state index in [2.05, 4.69) is 4.98 Å². The Morgan fingerprint density at radius 1 is 0.923 bits per heavy atom. The summed E-state index contributed by atoms with van der Waals surface area (Å²) in [6, 6.07) is 19.0. The quantitative estimate of drug-likeness (QED) is 0.174. The number of aromatic nitrogens is 1. The smallest absolute Gasteiger partial charge is 0.264 e. The minimum Gasteiger partial charge on any atom is -0.496 e. The third-order valence-corrected chi connectivity index (χ3v) is 7.36. The van der Waals surface area contributed by atoms with Crippen LogP contribution < -0.4 is 14.2 Å². The number of fused-ring (bicyclic) bond motifs is 1. The van der Waals surface area contributed by atoms with Crippen LogP contribution in [0, 0.1) is 5.92 Å². The molecular formula is C29H28N2NaO6S. The number of ether oxygens (including phenoxy) is 2. The number of methoxy groups -OCH3 is 2. The van der Waals surface area contributed by atoms with Gasteiger partial charge in [0, 0.05) is 69.1 Å². The Labute approximate surface area is 249 Å². The number of amides is 1. The van der Waals surface area contributed by atoms with Gasteiger partial charge in [-0.15, -0.1) is 0 Å². The summed E-state index contributed by atoms with van der Waals surface area (Å²) in [5.74, 6) is -0.285. The molecule has 1 amide bonds. The molecule has 0 bridgehead atoms. The number of carbonyl (C=O) groups excluding carboxylic acids is 2. The van der Waals surface area contributed by atoms with Crippen LogP contribution in [-0.4, -0.2) is 68.9 Å². The Balaban J connectivity index is 0.00000420. The monoisotopic (exact) mass is 555 g/mol. The van der Waals surface area contributed by atoms with E-state index in [0.29, 0.717) is 22.6 Å². The van der Waals surface area contributed by atoms with Crippen LogP contribution in [0.2, 0.25) is 0 Å². The zero-order chi connectivity index (χ0) is 27.4. The van der Waals surface area contributed by atoms with Gasteiger partial charge in [0.15, 0.2) is 5.78 Å². The van der Waals surface area contributed by atoms with E-state index in [1.807, 2.05) is 41.1 Å². The normalized spacial score (nSPS) is 11.4. The summed E-state index contributed by atoms with van der Waals surface area (Å²) in [5.41, 5.74) is 3.59. The van der Waals surface area contributed by atoms with Gasteiger partial charge in [-0.05, 0) is 54.6 Å². The maximum absolute atomic E-state index is 12.9. The van der Waals surface area contributed by atoms with Crippen LogP contribution >= 0.6 is 0 Å². The third kappa shape index (κ3) is 6.80. The molecule has 0 aliphatic heterocycles. The van der Waals surface area contributed by atoms with E-state index in [1.165, 1.54) is 37.5 Å². The second kappa shape index (κ2) is 12.7. The van der Waals surface area contributed by atoms with Crippen molar-refractivity contribution in [1.82, 2.24) is 9.71 Å². The zero-order valence-electron chi connectivity index (χ0n) is 22.4. The van der Waals surface area contributed by atoms with Crippen molar-refractivity contribution in [3.05, 3.63) is 83.9 Å². The third-order valence-electron chi connectivity index (χ3n) is 5.99. The van der Waals surface area contributed by atoms with Crippen LogP contribution in [-0.2, 0) is 14.8 Å². The molecule has 0 atom stereocenters. The van der Waals surface area contributed by atoms with Gasteiger partial charge in [-0.25, -0.2) is 13.1 Å². The average molecular weight is 556 g/mol. The van der Waals surface area contributed by atoms with Crippen molar-refractivity contribution in [3.8, 4) is 22.8 Å². The topological polar surface area (TPSA) is 115 Å². The predicted octanol–water partition coefficient (Wildman–Crippen LogP) is 4.83. The molecule has 0 aliphatic carbocycles. The average Bonchev–Trinajstić information content (AvgIpc) is 3.35. The van der Waals surface area contributed by atoms with Crippen molar-refractivity contribution in [2.24, 2.45) is 5.92 Å². The van der Waals surface area contributed by atoms with Gasteiger partial charge in [-0.2, -0.15) is 0 Å². The van der Waals surface area contributed by atoms with E-state index in [1.54, 1.807) is 33.1 Å². The zero-order valence-corrected chi connectivity index (χ0v) is 25.3. The number of benzene rings is 3. The van der Waals surface area contributed by atoms with E-state index in [9.17, 15) is 18.0 Å². The van der Waals surface area contributed by atoms with E-state index >= 15 is 0 Å². The summed E-state index contributed by atoms with van der Waals surface area (Å²) in [6.07, 6.45) is 3.03. The largest absolute Gasteiger partial charge is 0.496 e. The Morgan fingerprint density at radius 2 is 1.59 bits per heavy atom. The molecule has 4 aromatic rings. The minimum absolute atomic E-state index is 0. The molecule has 1 radical (unpaired) electrons. The Hall–Kier alpha value is -3.37. The summed E-state index contributed by atoms with van der Waals surface area (Å²) in [7, 11) is -0.902. The molecule has 0 fully saturated rings. The van der Waals surface area contributed by atoms with E-state index in [4.69, 9.17) is 9.47 Å². The number of sulfonamides is 1. The number of nitrogens with one attached hydrogen (secondary N) is 2. The second-order valence-electron chi connectivity index (χ2n) is 8.91. The number of aromatic amines is 1. The van der Waals surface area contributed by atoms with Crippen LogP contribution in [0.25, 0.3) is 28.2 Å². The van der Waals surface area contributed by atoms with Gasteiger partial charge in [0.2, 0.25) is 5.91 Å². The molecule has 4 rings (SSSR count). The fourth-order valence-electron chi connectivity index (χ4n) is 3.85. The van der Waals surface area contributed by atoms with Gasteiger partial charge in [-0.3, -0.25) is 9.59 Å². The first-order valence-corrected chi connectivity index (χ1v) is 13.3. The molecule has 2 N–H and O–H groups in total. The van der Waals surface area contributed by atoms with Crippen LogP contribution in [0.15, 0.2) is 77.7 Å². The SMILES string of the molecule is COc1cc(OC)c(-c2cc3ccccc3[nH]2)cc1/C=C/C(=O)c1ccc(S(=O)(=O)NC(=O)C(C)C)cc1.[Na]. The van der Waals surface area contributed by atoms with Crippen molar-refractivity contribution in [2.75, 3.05) is 14.2 Å². The molecule has 10 heteroatoms. The minimum atomic E-state index is -4.02. The van der Waals surface area contributed by atoms with Gasteiger partial charge in [0.25, 0.3) is 10.0 Å². The first kappa shape index (κ1) is 30.2. The van der Waals surface area contributed by atoms with Crippen LogP contribution in [0.3, 0.4) is 0 Å². The molecule has 0 saturated carbocycles. The van der Waals surface area contributed by atoms with Gasteiger partial charge < -0.3 is 14.5 Å². The van der Waals surface area contributed by atoms with Crippen molar-refractivity contribution in [1.29, 1.82) is 0 Å². The van der Waals surface area contributed by atoms with Gasteiger partial charge in [0.1, 0.15) is 11.5 Å². The first-order chi connectivity index (χ1) is 18.1. The standard InChI is InChI=1S/C29H28N2O6S.Na/c1-18(2)29(33)31-38(34,35)22-12-9-19(10-13-22)26(32)14-11-21-15-23(28(37-4)17-27(21)36-3)25-16-20-7-5-6-8-24(20)30-25;/h5-18,30H,1-4H3,(H,31,33);/b14-11+;.